The second-order valence-electron chi connectivity index (χ2n) is 5.89. The Bertz CT molecular complexity index is 319. The number of likely N-dealkylation sites (N-methyl/N-ethyl adjacent to an activating group) is 1. The van der Waals surface area contributed by atoms with Crippen molar-refractivity contribution in [2.24, 2.45) is 11.1 Å². The zero-order valence-electron chi connectivity index (χ0n) is 12.3. The largest absolute Gasteiger partial charge is 0.383 e. The number of hydrogen-bond donors (Lipinski definition) is 1. The smallest absolute Gasteiger partial charge is 0.241 e. The average molecular weight is 258 g/mol. The monoisotopic (exact) mass is 258 g/mol. The molecule has 0 spiro atoms. The van der Waals surface area contributed by atoms with E-state index < -0.39 is 6.04 Å². The first-order chi connectivity index (χ1) is 8.21. The van der Waals surface area contributed by atoms with E-state index in [1.165, 1.54) is 0 Å². The van der Waals surface area contributed by atoms with Crippen LogP contribution in [0.5, 0.6) is 0 Å². The number of hydrogen-bond acceptors (Lipinski definition) is 4. The van der Waals surface area contributed by atoms with E-state index in [1.807, 2.05) is 0 Å². The standard InChI is InChI=1S/C13H26N2O3/c1-12(2)10(7-13(12,3)18-6)15(4)11(16)9(14)8-17-5/h9-10H,7-8,14H2,1-6H3. The van der Waals surface area contributed by atoms with Crippen LogP contribution in [0, 0.1) is 5.41 Å². The van der Waals surface area contributed by atoms with Crippen LogP contribution in [-0.4, -0.2) is 56.4 Å². The third kappa shape index (κ3) is 2.27. The summed E-state index contributed by atoms with van der Waals surface area (Å²) < 4.78 is 10.5. The number of carbonyl (C=O) groups is 1. The molecule has 18 heavy (non-hydrogen) atoms. The quantitative estimate of drug-likeness (QED) is 0.785. The molecule has 5 nitrogen and oxygen atoms in total. The SMILES string of the molecule is COCC(N)C(=O)N(C)C1CC(C)(OC)C1(C)C. The van der Waals surface area contributed by atoms with Crippen LogP contribution in [-0.2, 0) is 14.3 Å². The number of rotatable bonds is 5. The first-order valence-corrected chi connectivity index (χ1v) is 6.27. The van der Waals surface area contributed by atoms with Gasteiger partial charge in [0.1, 0.15) is 6.04 Å². The van der Waals surface area contributed by atoms with E-state index in [0.717, 1.165) is 6.42 Å². The van der Waals surface area contributed by atoms with E-state index in [4.69, 9.17) is 15.2 Å². The summed E-state index contributed by atoms with van der Waals surface area (Å²) in [6.07, 6.45) is 0.832. The van der Waals surface area contributed by atoms with Crippen molar-refractivity contribution in [1.82, 2.24) is 4.90 Å². The fraction of sp³-hybridized carbons (Fsp3) is 0.923. The van der Waals surface area contributed by atoms with Crippen molar-refractivity contribution >= 4 is 5.91 Å². The molecule has 3 atom stereocenters. The molecule has 0 aromatic rings. The van der Waals surface area contributed by atoms with Gasteiger partial charge in [-0.15, -0.1) is 0 Å². The molecular weight excluding hydrogens is 232 g/mol. The highest BCUT2D eigenvalue weighted by atomic mass is 16.5. The average Bonchev–Trinajstić information content (AvgIpc) is 2.33. The molecule has 3 unspecified atom stereocenters. The van der Waals surface area contributed by atoms with Gasteiger partial charge in [0.2, 0.25) is 5.91 Å². The van der Waals surface area contributed by atoms with Crippen molar-refractivity contribution in [1.29, 1.82) is 0 Å². The van der Waals surface area contributed by atoms with Crippen LogP contribution in [0.3, 0.4) is 0 Å². The summed E-state index contributed by atoms with van der Waals surface area (Å²) in [6, 6.07) is -0.442. The number of nitrogens with zero attached hydrogens (tertiary/aromatic N) is 1. The number of methoxy groups -OCH3 is 2. The number of carbonyl (C=O) groups excluding carboxylic acids is 1. The van der Waals surface area contributed by atoms with Crippen molar-refractivity contribution in [3.8, 4) is 0 Å². The second-order valence-corrected chi connectivity index (χ2v) is 5.89. The number of amides is 1. The van der Waals surface area contributed by atoms with Crippen LogP contribution in [0.25, 0.3) is 0 Å². The Labute approximate surface area is 110 Å². The van der Waals surface area contributed by atoms with Crippen LogP contribution >= 0.6 is 0 Å². The predicted molar refractivity (Wildman–Crippen MR) is 70.2 cm³/mol. The van der Waals surface area contributed by atoms with Crippen molar-refractivity contribution in [3.63, 3.8) is 0 Å². The Balaban J connectivity index is 2.71. The lowest BCUT2D eigenvalue weighted by Crippen LogP contribution is -2.69. The Hall–Kier alpha value is -0.650. The minimum atomic E-state index is -0.592. The minimum Gasteiger partial charge on any atom is -0.383 e. The summed E-state index contributed by atoms with van der Waals surface area (Å²) in [5.74, 6) is -0.0759. The van der Waals surface area contributed by atoms with Gasteiger partial charge in [-0.3, -0.25) is 4.79 Å². The molecule has 0 aromatic carbocycles. The molecule has 1 aliphatic rings. The zero-order valence-corrected chi connectivity index (χ0v) is 12.3. The number of nitrogens with two attached hydrogens (primary N) is 1. The Morgan fingerprint density at radius 3 is 2.39 bits per heavy atom. The lowest BCUT2D eigenvalue weighted by molar-refractivity contribution is -0.207. The topological polar surface area (TPSA) is 64.8 Å². The molecule has 1 amide bonds. The maximum absolute atomic E-state index is 12.1. The minimum absolute atomic E-state index is 0.0759. The lowest BCUT2D eigenvalue weighted by atomic mass is 9.55. The molecule has 0 aromatic heterocycles. The summed E-state index contributed by atoms with van der Waals surface area (Å²) >= 11 is 0. The zero-order chi connectivity index (χ0) is 14.1. The van der Waals surface area contributed by atoms with E-state index in [9.17, 15) is 4.79 Å². The summed E-state index contributed by atoms with van der Waals surface area (Å²) in [5, 5.41) is 0. The third-order valence-corrected chi connectivity index (χ3v) is 4.71. The first kappa shape index (κ1) is 15.4. The van der Waals surface area contributed by atoms with Crippen molar-refractivity contribution in [3.05, 3.63) is 0 Å². The normalized spacial score (nSPS) is 31.6. The molecule has 5 heteroatoms. The Kier molecular flexibility index (Phi) is 4.41. The summed E-state index contributed by atoms with van der Waals surface area (Å²) in [5.41, 5.74) is 5.52. The van der Waals surface area contributed by atoms with Gasteiger partial charge >= 0.3 is 0 Å². The van der Waals surface area contributed by atoms with Crippen molar-refractivity contribution in [2.75, 3.05) is 27.9 Å². The highest BCUT2D eigenvalue weighted by Crippen LogP contribution is 2.53. The molecular formula is C13H26N2O3. The van der Waals surface area contributed by atoms with Crippen molar-refractivity contribution < 1.29 is 14.3 Å². The fourth-order valence-corrected chi connectivity index (χ4v) is 2.74. The van der Waals surface area contributed by atoms with Crippen LogP contribution in [0.1, 0.15) is 27.2 Å². The van der Waals surface area contributed by atoms with Gasteiger partial charge in [-0.1, -0.05) is 13.8 Å². The lowest BCUT2D eigenvalue weighted by Gasteiger charge is -2.61. The van der Waals surface area contributed by atoms with Crippen LogP contribution in [0.2, 0.25) is 0 Å². The van der Waals surface area contributed by atoms with Gasteiger partial charge in [-0.2, -0.15) is 0 Å². The van der Waals surface area contributed by atoms with Crippen LogP contribution in [0.4, 0.5) is 0 Å². The van der Waals surface area contributed by atoms with Crippen LogP contribution in [0.15, 0.2) is 0 Å². The number of ether oxygens (including phenoxy) is 2. The molecule has 2 N–H and O–H groups in total. The van der Waals surface area contributed by atoms with Gasteiger partial charge in [0.15, 0.2) is 0 Å². The molecule has 0 bridgehead atoms. The molecule has 1 saturated carbocycles. The summed E-state index contributed by atoms with van der Waals surface area (Å²) in [7, 11) is 5.07. The first-order valence-electron chi connectivity index (χ1n) is 6.27. The molecule has 1 fully saturated rings. The molecule has 0 heterocycles. The Morgan fingerprint density at radius 1 is 1.44 bits per heavy atom. The van der Waals surface area contributed by atoms with Gasteiger partial charge in [0.25, 0.3) is 0 Å². The molecule has 106 valence electrons. The Morgan fingerprint density at radius 2 is 2.00 bits per heavy atom. The highest BCUT2D eigenvalue weighted by Gasteiger charge is 2.59. The van der Waals surface area contributed by atoms with Gasteiger partial charge < -0.3 is 20.1 Å². The molecule has 1 rings (SSSR count). The summed E-state index contributed by atoms with van der Waals surface area (Å²) in [4.78, 5) is 13.9. The van der Waals surface area contributed by atoms with Crippen molar-refractivity contribution in [2.45, 2.75) is 44.9 Å². The second kappa shape index (κ2) is 5.15. The van der Waals surface area contributed by atoms with Gasteiger partial charge in [0.05, 0.1) is 12.2 Å². The predicted octanol–water partition coefficient (Wildman–Crippen LogP) is 0.622. The van der Waals surface area contributed by atoms with Gasteiger partial charge in [-0.05, 0) is 13.3 Å². The van der Waals surface area contributed by atoms with E-state index in [1.54, 1.807) is 26.2 Å². The van der Waals surface area contributed by atoms with E-state index in [0.29, 0.717) is 0 Å². The molecule has 0 aliphatic heterocycles. The van der Waals surface area contributed by atoms with Gasteiger partial charge in [-0.25, -0.2) is 0 Å². The fourth-order valence-electron chi connectivity index (χ4n) is 2.74. The maximum atomic E-state index is 12.1. The molecule has 0 saturated heterocycles. The third-order valence-electron chi connectivity index (χ3n) is 4.71. The highest BCUT2D eigenvalue weighted by molar-refractivity contribution is 5.82. The van der Waals surface area contributed by atoms with E-state index in [-0.39, 0.29) is 29.6 Å². The van der Waals surface area contributed by atoms with E-state index in [2.05, 4.69) is 20.8 Å². The maximum Gasteiger partial charge on any atom is 0.241 e. The van der Waals surface area contributed by atoms with Gasteiger partial charge in [0, 0.05) is 32.7 Å². The van der Waals surface area contributed by atoms with E-state index >= 15 is 0 Å². The molecule has 1 aliphatic carbocycles. The molecule has 0 radical (unpaired) electrons. The van der Waals surface area contributed by atoms with Crippen LogP contribution < -0.4 is 5.73 Å². The summed E-state index contributed by atoms with van der Waals surface area (Å²) in [6.45, 7) is 6.57.